The Morgan fingerprint density at radius 2 is 1.80 bits per heavy atom. The molecule has 1 fully saturated rings. The molecule has 0 bridgehead atoms. The highest BCUT2D eigenvalue weighted by Crippen LogP contribution is 2.37. The highest BCUT2D eigenvalue weighted by molar-refractivity contribution is 7.91. The van der Waals surface area contributed by atoms with Gasteiger partial charge in [-0.3, -0.25) is 0 Å². The number of sulfone groups is 1. The van der Waals surface area contributed by atoms with E-state index < -0.39 is 18.2 Å². The van der Waals surface area contributed by atoms with Gasteiger partial charge in [0.1, 0.15) is 9.84 Å². The fourth-order valence-electron chi connectivity index (χ4n) is 2.87. The number of rotatable bonds is 5. The smallest absolute Gasteiger partial charge is 0.192 e. The molecule has 0 saturated carbocycles. The van der Waals surface area contributed by atoms with Gasteiger partial charge in [0, 0.05) is 25.0 Å². The fourth-order valence-corrected chi connectivity index (χ4v) is 4.89. The molecule has 0 unspecified atom stereocenters. The lowest BCUT2D eigenvalue weighted by molar-refractivity contribution is 0.276. The summed E-state index contributed by atoms with van der Waals surface area (Å²) in [7, 11) is -4.68. The van der Waals surface area contributed by atoms with E-state index in [1.165, 1.54) is 17.5 Å². The molecule has 1 aromatic rings. The van der Waals surface area contributed by atoms with E-state index in [4.69, 9.17) is 4.43 Å². The number of benzene rings is 1. The lowest BCUT2D eigenvalue weighted by atomic mass is 10.1. The molecular formula is C19H33NO3SSi. The van der Waals surface area contributed by atoms with Gasteiger partial charge in [-0.1, -0.05) is 32.9 Å². The van der Waals surface area contributed by atoms with Crippen LogP contribution in [0.3, 0.4) is 0 Å². The first-order chi connectivity index (χ1) is 11.4. The molecule has 0 N–H and O–H groups in total. The standard InChI is InChI=1S/C19H33NO3SSi/c1-19(2,3)25(5,6)23-15-16-8-7-9-17(14-16)20-12-10-18(11-13-20)24(4,21)22/h7-9,14,18H,10-13,15H2,1-6H3. The molecule has 1 saturated heterocycles. The third-order valence-corrected chi connectivity index (χ3v) is 11.9. The third kappa shape index (κ3) is 5.31. The minimum atomic E-state index is -2.92. The van der Waals surface area contributed by atoms with Crippen LogP contribution < -0.4 is 4.90 Å². The average Bonchev–Trinajstić information content (AvgIpc) is 2.51. The van der Waals surface area contributed by atoms with E-state index in [1.807, 2.05) is 0 Å². The Labute approximate surface area is 154 Å². The van der Waals surface area contributed by atoms with Gasteiger partial charge in [-0.05, 0) is 48.7 Å². The molecular weight excluding hydrogens is 350 g/mol. The Kier molecular flexibility index (Phi) is 6.06. The molecule has 0 aliphatic carbocycles. The van der Waals surface area contributed by atoms with Gasteiger partial charge in [-0.2, -0.15) is 0 Å². The van der Waals surface area contributed by atoms with Crippen molar-refractivity contribution in [1.29, 1.82) is 0 Å². The molecule has 1 aromatic carbocycles. The molecule has 142 valence electrons. The van der Waals surface area contributed by atoms with Gasteiger partial charge in [0.05, 0.1) is 11.9 Å². The molecule has 0 radical (unpaired) electrons. The van der Waals surface area contributed by atoms with Gasteiger partial charge in [0.2, 0.25) is 0 Å². The average molecular weight is 384 g/mol. The van der Waals surface area contributed by atoms with Crippen molar-refractivity contribution >= 4 is 23.8 Å². The summed E-state index contributed by atoms with van der Waals surface area (Å²) < 4.78 is 29.8. The van der Waals surface area contributed by atoms with Crippen molar-refractivity contribution in [1.82, 2.24) is 0 Å². The molecule has 2 rings (SSSR count). The summed E-state index contributed by atoms with van der Waals surface area (Å²) in [6.45, 7) is 13.5. The first-order valence-electron chi connectivity index (χ1n) is 9.07. The van der Waals surface area contributed by atoms with Crippen LogP contribution >= 0.6 is 0 Å². The van der Waals surface area contributed by atoms with Crippen LogP contribution in [-0.2, 0) is 20.9 Å². The maximum atomic E-state index is 11.7. The van der Waals surface area contributed by atoms with Crippen LogP contribution in [0.15, 0.2) is 24.3 Å². The first-order valence-corrected chi connectivity index (χ1v) is 13.9. The second-order valence-electron chi connectivity index (χ2n) is 8.73. The number of anilines is 1. The SMILES string of the molecule is CC(C)(C)[Si](C)(C)OCc1cccc(N2CCC(S(C)(=O)=O)CC2)c1. The normalized spacial score (nSPS) is 17.8. The molecule has 25 heavy (non-hydrogen) atoms. The highest BCUT2D eigenvalue weighted by Gasteiger charge is 2.37. The summed E-state index contributed by atoms with van der Waals surface area (Å²) in [4.78, 5) is 2.29. The van der Waals surface area contributed by atoms with Crippen LogP contribution in [0.25, 0.3) is 0 Å². The van der Waals surface area contributed by atoms with Gasteiger partial charge >= 0.3 is 0 Å². The highest BCUT2D eigenvalue weighted by atomic mass is 32.2. The predicted molar refractivity (Wildman–Crippen MR) is 109 cm³/mol. The molecule has 1 aliphatic rings. The van der Waals surface area contributed by atoms with Crippen molar-refractivity contribution in [2.24, 2.45) is 0 Å². The summed E-state index contributed by atoms with van der Waals surface area (Å²) in [5.41, 5.74) is 2.36. The van der Waals surface area contributed by atoms with Crippen LogP contribution in [0.4, 0.5) is 5.69 Å². The molecule has 4 nitrogen and oxygen atoms in total. The van der Waals surface area contributed by atoms with E-state index in [1.54, 1.807) is 0 Å². The minimum Gasteiger partial charge on any atom is -0.413 e. The summed E-state index contributed by atoms with van der Waals surface area (Å²) >= 11 is 0. The molecule has 6 heteroatoms. The second-order valence-corrected chi connectivity index (χ2v) is 15.9. The zero-order valence-corrected chi connectivity index (χ0v) is 18.3. The number of hydrogen-bond acceptors (Lipinski definition) is 4. The largest absolute Gasteiger partial charge is 0.413 e. The van der Waals surface area contributed by atoms with Gasteiger partial charge in [-0.15, -0.1) is 0 Å². The Hall–Kier alpha value is -0.853. The monoisotopic (exact) mass is 383 g/mol. The Bertz CT molecular complexity index is 687. The quantitative estimate of drug-likeness (QED) is 0.714. The van der Waals surface area contributed by atoms with Crippen LogP contribution in [0.5, 0.6) is 0 Å². The van der Waals surface area contributed by atoms with E-state index in [0.717, 1.165) is 13.1 Å². The van der Waals surface area contributed by atoms with Crippen molar-refractivity contribution in [3.63, 3.8) is 0 Å². The number of hydrogen-bond donors (Lipinski definition) is 0. The molecule has 0 amide bonds. The summed E-state index contributed by atoms with van der Waals surface area (Å²) in [6.07, 6.45) is 2.78. The van der Waals surface area contributed by atoms with E-state index in [2.05, 4.69) is 63.0 Å². The van der Waals surface area contributed by atoms with Crippen LogP contribution in [0.1, 0.15) is 39.2 Å². The van der Waals surface area contributed by atoms with E-state index in [9.17, 15) is 8.42 Å². The summed E-state index contributed by atoms with van der Waals surface area (Å²) in [6, 6.07) is 8.48. The summed E-state index contributed by atoms with van der Waals surface area (Å²) in [5.74, 6) is 0. The maximum absolute atomic E-state index is 11.7. The number of nitrogens with zero attached hydrogens (tertiary/aromatic N) is 1. The van der Waals surface area contributed by atoms with Gasteiger partial charge in [-0.25, -0.2) is 8.42 Å². The molecule has 0 spiro atoms. The first kappa shape index (κ1) is 20.5. The van der Waals surface area contributed by atoms with Crippen LogP contribution in [0.2, 0.25) is 18.1 Å². The zero-order chi connectivity index (χ0) is 18.9. The van der Waals surface area contributed by atoms with Crippen LogP contribution in [0, 0.1) is 0 Å². The van der Waals surface area contributed by atoms with E-state index in [0.29, 0.717) is 19.4 Å². The van der Waals surface area contributed by atoms with Crippen molar-refractivity contribution < 1.29 is 12.8 Å². The van der Waals surface area contributed by atoms with Gasteiger partial charge in [0.25, 0.3) is 0 Å². The summed E-state index contributed by atoms with van der Waals surface area (Å²) in [5, 5.41) is 0.0202. The Morgan fingerprint density at radius 1 is 1.20 bits per heavy atom. The van der Waals surface area contributed by atoms with Crippen molar-refractivity contribution in [2.45, 2.75) is 63.6 Å². The van der Waals surface area contributed by atoms with Gasteiger partial charge < -0.3 is 9.33 Å². The molecule has 0 atom stereocenters. The lowest BCUT2D eigenvalue weighted by Gasteiger charge is -2.36. The predicted octanol–water partition coefficient (Wildman–Crippen LogP) is 4.22. The third-order valence-electron chi connectivity index (χ3n) is 5.73. The van der Waals surface area contributed by atoms with Crippen molar-refractivity contribution in [2.75, 3.05) is 24.2 Å². The van der Waals surface area contributed by atoms with Gasteiger partial charge in [0.15, 0.2) is 8.32 Å². The zero-order valence-electron chi connectivity index (χ0n) is 16.5. The lowest BCUT2D eigenvalue weighted by Crippen LogP contribution is -2.40. The van der Waals surface area contributed by atoms with Crippen molar-refractivity contribution in [3.05, 3.63) is 29.8 Å². The van der Waals surface area contributed by atoms with Crippen molar-refractivity contribution in [3.8, 4) is 0 Å². The maximum Gasteiger partial charge on any atom is 0.192 e. The minimum absolute atomic E-state index is 0.186. The molecule has 0 aromatic heterocycles. The fraction of sp³-hybridized carbons (Fsp3) is 0.684. The molecule has 1 heterocycles. The topological polar surface area (TPSA) is 46.6 Å². The van der Waals surface area contributed by atoms with E-state index in [-0.39, 0.29) is 10.3 Å². The molecule has 1 aliphatic heterocycles. The number of piperidine rings is 1. The van der Waals surface area contributed by atoms with E-state index >= 15 is 0 Å². The Morgan fingerprint density at radius 3 is 2.32 bits per heavy atom. The second kappa shape index (κ2) is 7.41. The van der Waals surface area contributed by atoms with Crippen LogP contribution in [-0.4, -0.2) is 41.3 Å². The Balaban J connectivity index is 2.00.